The monoisotopic (exact) mass is 670 g/mol. The Labute approximate surface area is 233 Å². The van der Waals surface area contributed by atoms with Crippen LogP contribution in [0.4, 0.5) is 35.1 Å². The first-order valence-corrected chi connectivity index (χ1v) is 13.4. The molecule has 0 unspecified atom stereocenters. The zero-order chi connectivity index (χ0) is 28.4. The Morgan fingerprint density at radius 3 is 1.92 bits per heavy atom. The van der Waals surface area contributed by atoms with Crippen LogP contribution in [0, 0.1) is 23.4 Å². The van der Waals surface area contributed by atoms with Crippen molar-refractivity contribution < 1.29 is 44.6 Å². The maximum Gasteiger partial charge on any atom is 0.573 e. The predicted molar refractivity (Wildman–Crippen MR) is 137 cm³/mol. The van der Waals surface area contributed by atoms with Gasteiger partial charge in [-0.15, -0.1) is 13.2 Å². The molecule has 4 rings (SSSR count). The van der Waals surface area contributed by atoms with Gasteiger partial charge in [-0.1, -0.05) is 40.8 Å². The van der Waals surface area contributed by atoms with Crippen LogP contribution in [0.2, 0.25) is 0 Å². The van der Waals surface area contributed by atoms with E-state index in [4.69, 9.17) is 4.74 Å². The number of aryl methyl sites for hydroxylation is 1. The molecule has 0 heterocycles. The minimum absolute atomic E-state index is 0.207. The topological polar surface area (TPSA) is 18.5 Å². The van der Waals surface area contributed by atoms with E-state index in [1.54, 1.807) is 12.1 Å². The van der Waals surface area contributed by atoms with E-state index >= 15 is 0 Å². The van der Waals surface area contributed by atoms with Crippen LogP contribution in [0.5, 0.6) is 11.5 Å². The van der Waals surface area contributed by atoms with Gasteiger partial charge in [0.25, 0.3) is 0 Å². The Balaban J connectivity index is 1.44. The van der Waals surface area contributed by atoms with Crippen molar-refractivity contribution in [1.82, 2.24) is 0 Å². The van der Waals surface area contributed by atoms with E-state index in [1.807, 2.05) is 0 Å². The lowest BCUT2D eigenvalue weighted by atomic mass is 9.85. The van der Waals surface area contributed by atoms with Gasteiger partial charge in [0.05, 0.1) is 11.1 Å². The second kappa shape index (κ2) is 11.9. The second-order valence-electron chi connectivity index (χ2n) is 9.43. The molecule has 1 fully saturated rings. The van der Waals surface area contributed by atoms with Crippen LogP contribution in [-0.4, -0.2) is 10.3 Å². The van der Waals surface area contributed by atoms with Gasteiger partial charge in [0.2, 0.25) is 0 Å². The van der Waals surface area contributed by atoms with Crippen LogP contribution < -0.4 is 9.47 Å². The fourth-order valence-electron chi connectivity index (χ4n) is 4.59. The van der Waals surface area contributed by atoms with E-state index in [9.17, 15) is 35.1 Å². The molecule has 1 aliphatic carbocycles. The average molecular weight is 670 g/mol. The molecular weight excluding hydrogens is 647 g/mol. The largest absolute Gasteiger partial charge is 0.573 e. The fourth-order valence-corrected chi connectivity index (χ4v) is 5.31. The molecule has 39 heavy (non-hydrogen) atoms. The summed E-state index contributed by atoms with van der Waals surface area (Å²) in [4.78, 5) is 0. The molecule has 0 aromatic heterocycles. The molecule has 0 N–H and O–H groups in total. The number of halogens is 9. The van der Waals surface area contributed by atoms with Crippen molar-refractivity contribution in [3.63, 3.8) is 0 Å². The van der Waals surface area contributed by atoms with Gasteiger partial charge in [-0.2, -0.15) is 8.78 Å². The zero-order valence-corrected chi connectivity index (χ0v) is 22.5. The number of benzene rings is 3. The van der Waals surface area contributed by atoms with Crippen molar-refractivity contribution in [2.75, 3.05) is 0 Å². The van der Waals surface area contributed by atoms with Gasteiger partial charge < -0.3 is 9.47 Å². The molecule has 0 bridgehead atoms. The van der Waals surface area contributed by atoms with Crippen LogP contribution in [0.1, 0.15) is 43.2 Å². The zero-order valence-electron chi connectivity index (χ0n) is 20.3. The maximum atomic E-state index is 14.8. The number of hydrogen-bond donors (Lipinski definition) is 0. The van der Waals surface area contributed by atoms with Gasteiger partial charge in [0.15, 0.2) is 11.6 Å². The van der Waals surface area contributed by atoms with Gasteiger partial charge in [-0.05, 0) is 92.0 Å². The third-order valence-corrected chi connectivity index (χ3v) is 7.86. The van der Waals surface area contributed by atoms with Gasteiger partial charge >= 0.3 is 12.5 Å². The summed E-state index contributed by atoms with van der Waals surface area (Å²) in [6.07, 6.45) is -2.72. The Morgan fingerprint density at radius 1 is 0.744 bits per heavy atom. The van der Waals surface area contributed by atoms with Gasteiger partial charge in [-0.25, -0.2) is 13.2 Å². The Hall–Kier alpha value is -2.57. The SMILES string of the molecule is Fc1cc(-c2c(F)cc(C(F)(F)Oc3ccc(CCC4CCC(I)CC4)cc3)cc2F)ccc1OC(F)(F)F. The maximum absolute atomic E-state index is 14.8. The smallest absolute Gasteiger partial charge is 0.429 e. The third-order valence-electron chi connectivity index (χ3n) is 6.61. The first kappa shape index (κ1) is 29.4. The van der Waals surface area contributed by atoms with Crippen LogP contribution in [-0.2, 0) is 12.5 Å². The van der Waals surface area contributed by atoms with E-state index in [-0.39, 0.29) is 5.75 Å². The lowest BCUT2D eigenvalue weighted by Gasteiger charge is -2.25. The Bertz CT molecular complexity index is 1260. The molecule has 1 aliphatic rings. The highest BCUT2D eigenvalue weighted by Gasteiger charge is 2.37. The summed E-state index contributed by atoms with van der Waals surface area (Å²) in [7, 11) is 0. The lowest BCUT2D eigenvalue weighted by Crippen LogP contribution is -2.22. The van der Waals surface area contributed by atoms with E-state index < -0.39 is 52.4 Å². The molecule has 1 saturated carbocycles. The number of hydrogen-bond acceptors (Lipinski definition) is 2. The normalized spacial score (nSPS) is 18.2. The molecule has 2 nitrogen and oxygen atoms in total. The first-order chi connectivity index (χ1) is 18.3. The summed E-state index contributed by atoms with van der Waals surface area (Å²) >= 11 is 2.47. The minimum Gasteiger partial charge on any atom is -0.429 e. The highest BCUT2D eigenvalue weighted by molar-refractivity contribution is 14.1. The Kier molecular flexibility index (Phi) is 8.97. The molecule has 0 spiro atoms. The van der Waals surface area contributed by atoms with Crippen molar-refractivity contribution in [2.24, 2.45) is 5.92 Å². The van der Waals surface area contributed by atoms with Crippen molar-refractivity contribution in [3.05, 3.63) is 83.2 Å². The number of ether oxygens (including phenoxy) is 2. The molecule has 0 radical (unpaired) electrons. The van der Waals surface area contributed by atoms with E-state index in [0.29, 0.717) is 30.2 Å². The van der Waals surface area contributed by atoms with E-state index in [0.717, 1.165) is 28.4 Å². The highest BCUT2D eigenvalue weighted by Crippen LogP contribution is 2.38. The van der Waals surface area contributed by atoms with Crippen LogP contribution in [0.25, 0.3) is 11.1 Å². The van der Waals surface area contributed by atoms with Crippen molar-refractivity contribution in [2.45, 2.75) is 54.9 Å². The molecule has 0 aliphatic heterocycles. The number of rotatable bonds is 8. The summed E-state index contributed by atoms with van der Waals surface area (Å²) in [5.41, 5.74) is -1.58. The summed E-state index contributed by atoms with van der Waals surface area (Å²) in [5, 5.41) is 0. The second-order valence-corrected chi connectivity index (χ2v) is 11.2. The van der Waals surface area contributed by atoms with Gasteiger partial charge in [0, 0.05) is 3.92 Å². The van der Waals surface area contributed by atoms with Crippen LogP contribution in [0.3, 0.4) is 0 Å². The Morgan fingerprint density at radius 2 is 1.36 bits per heavy atom. The molecule has 210 valence electrons. The van der Waals surface area contributed by atoms with Crippen LogP contribution in [0.15, 0.2) is 54.6 Å². The van der Waals surface area contributed by atoms with Gasteiger partial charge in [-0.3, -0.25) is 0 Å². The average Bonchev–Trinajstić information content (AvgIpc) is 2.85. The fraction of sp³-hybridized carbons (Fsp3) is 0.357. The van der Waals surface area contributed by atoms with Crippen molar-refractivity contribution in [1.29, 1.82) is 0 Å². The molecule has 11 heteroatoms. The molecule has 3 aromatic rings. The quantitative estimate of drug-likeness (QED) is 0.135. The molecule has 3 aromatic carbocycles. The minimum atomic E-state index is -5.18. The summed E-state index contributed by atoms with van der Waals surface area (Å²) in [6.45, 7) is 0. The summed E-state index contributed by atoms with van der Waals surface area (Å²) in [5.74, 6) is -5.28. The lowest BCUT2D eigenvalue weighted by molar-refractivity contribution is -0.275. The van der Waals surface area contributed by atoms with Crippen LogP contribution >= 0.6 is 22.6 Å². The van der Waals surface area contributed by atoms with E-state index in [1.165, 1.54) is 37.8 Å². The van der Waals surface area contributed by atoms with Crippen molar-refractivity contribution in [3.8, 4) is 22.6 Å². The molecule has 0 amide bonds. The van der Waals surface area contributed by atoms with E-state index in [2.05, 4.69) is 27.3 Å². The molecule has 0 saturated heterocycles. The first-order valence-electron chi connectivity index (χ1n) is 12.2. The highest BCUT2D eigenvalue weighted by atomic mass is 127. The standard InChI is InChI=1S/C28H23F8IO2/c29-22-13-18(7-12-25(22)39-28(34,35)36)26-23(30)14-19(15-24(26)31)27(32,33)38-21-10-5-17(6-11-21)2-1-16-3-8-20(37)9-4-16/h5-7,10-16,20H,1-4,8-9H2. The predicted octanol–water partition coefficient (Wildman–Crippen LogP) is 9.72. The van der Waals surface area contributed by atoms with Crippen molar-refractivity contribution >= 4 is 22.6 Å². The van der Waals surface area contributed by atoms with Gasteiger partial charge in [0.1, 0.15) is 17.4 Å². The number of alkyl halides is 6. The molecule has 0 atom stereocenters. The summed E-state index contributed by atoms with van der Waals surface area (Å²) < 4.78 is 119. The summed E-state index contributed by atoms with van der Waals surface area (Å²) in [6, 6.07) is 8.43. The third kappa shape index (κ3) is 7.76. The molecular formula is C28H23F8IO2.